The molecule has 25 heavy (non-hydrogen) atoms. The summed E-state index contributed by atoms with van der Waals surface area (Å²) in [7, 11) is 0. The molecule has 1 amide bonds. The normalized spacial score (nSPS) is 25.5. The first-order valence-corrected chi connectivity index (χ1v) is 8.39. The Balaban J connectivity index is 1.38. The van der Waals surface area contributed by atoms with Gasteiger partial charge in [-0.15, -0.1) is 0 Å². The Kier molecular flexibility index (Phi) is 4.13. The SMILES string of the molecule is O=C(c1ccc(F)cc1)N1CC[C@]2(C[C@@H](Oc3cccnc3)CO2)C1. The van der Waals surface area contributed by atoms with E-state index < -0.39 is 0 Å². The highest BCUT2D eigenvalue weighted by molar-refractivity contribution is 5.94. The zero-order chi connectivity index (χ0) is 17.3. The number of pyridine rings is 1. The van der Waals surface area contributed by atoms with Crippen LogP contribution in [0.1, 0.15) is 23.2 Å². The first-order chi connectivity index (χ1) is 12.1. The lowest BCUT2D eigenvalue weighted by Gasteiger charge is -2.23. The van der Waals surface area contributed by atoms with E-state index in [-0.39, 0.29) is 23.4 Å². The fourth-order valence-corrected chi connectivity index (χ4v) is 3.56. The molecule has 0 saturated carbocycles. The molecule has 4 rings (SSSR count). The molecule has 1 aromatic carbocycles. The summed E-state index contributed by atoms with van der Waals surface area (Å²) >= 11 is 0. The van der Waals surface area contributed by atoms with Gasteiger partial charge in [0, 0.05) is 24.7 Å². The van der Waals surface area contributed by atoms with Gasteiger partial charge in [-0.25, -0.2) is 4.39 Å². The predicted octanol–water partition coefficient (Wildman–Crippen LogP) is 2.67. The number of nitrogens with zero attached hydrogens (tertiary/aromatic N) is 2. The van der Waals surface area contributed by atoms with Crippen molar-refractivity contribution in [1.82, 2.24) is 9.88 Å². The molecule has 0 radical (unpaired) electrons. The second kappa shape index (κ2) is 6.44. The lowest BCUT2D eigenvalue weighted by atomic mass is 9.98. The minimum absolute atomic E-state index is 0.0370. The van der Waals surface area contributed by atoms with Crippen molar-refractivity contribution in [3.05, 3.63) is 60.2 Å². The molecule has 0 unspecified atom stereocenters. The van der Waals surface area contributed by atoms with Gasteiger partial charge >= 0.3 is 0 Å². The Morgan fingerprint density at radius 1 is 1.32 bits per heavy atom. The van der Waals surface area contributed by atoms with Crippen LogP contribution in [0.4, 0.5) is 4.39 Å². The quantitative estimate of drug-likeness (QED) is 0.861. The summed E-state index contributed by atoms with van der Waals surface area (Å²) in [5.74, 6) is 0.298. The molecular formula is C19H19FN2O3. The standard InChI is InChI=1S/C19H19FN2O3/c20-15-5-3-14(4-6-15)18(23)22-9-7-19(13-22)10-17(12-24-19)25-16-2-1-8-21-11-16/h1-6,8,11,17H,7,9-10,12-13H2/t17-,19+/m1/s1. The summed E-state index contributed by atoms with van der Waals surface area (Å²) in [4.78, 5) is 18.4. The summed E-state index contributed by atoms with van der Waals surface area (Å²) in [5, 5.41) is 0. The Morgan fingerprint density at radius 2 is 2.16 bits per heavy atom. The van der Waals surface area contributed by atoms with E-state index in [0.29, 0.717) is 25.3 Å². The van der Waals surface area contributed by atoms with Crippen molar-refractivity contribution in [3.8, 4) is 5.75 Å². The van der Waals surface area contributed by atoms with E-state index in [9.17, 15) is 9.18 Å². The molecule has 130 valence electrons. The molecular weight excluding hydrogens is 323 g/mol. The third kappa shape index (κ3) is 3.35. The van der Waals surface area contributed by atoms with Crippen LogP contribution in [0.5, 0.6) is 5.75 Å². The average Bonchev–Trinajstić information content (AvgIpc) is 3.23. The summed E-state index contributed by atoms with van der Waals surface area (Å²) in [6.07, 6.45) is 4.88. The summed E-state index contributed by atoms with van der Waals surface area (Å²) < 4.78 is 25.0. The van der Waals surface area contributed by atoms with Crippen molar-refractivity contribution in [2.24, 2.45) is 0 Å². The lowest BCUT2D eigenvalue weighted by molar-refractivity contribution is 0.00995. The minimum Gasteiger partial charge on any atom is -0.486 e. The molecule has 2 aromatic rings. The number of hydrogen-bond donors (Lipinski definition) is 0. The highest BCUT2D eigenvalue weighted by Crippen LogP contribution is 2.37. The van der Waals surface area contributed by atoms with Crippen molar-refractivity contribution in [1.29, 1.82) is 0 Å². The molecule has 1 aromatic heterocycles. The number of benzene rings is 1. The fraction of sp³-hybridized carbons (Fsp3) is 0.368. The summed E-state index contributed by atoms with van der Waals surface area (Å²) in [6.45, 7) is 1.68. The van der Waals surface area contributed by atoms with Gasteiger partial charge in [-0.3, -0.25) is 9.78 Å². The van der Waals surface area contributed by atoms with Crippen LogP contribution in [0.3, 0.4) is 0 Å². The van der Waals surface area contributed by atoms with Crippen molar-refractivity contribution in [2.45, 2.75) is 24.5 Å². The second-order valence-corrected chi connectivity index (χ2v) is 6.61. The second-order valence-electron chi connectivity index (χ2n) is 6.61. The average molecular weight is 342 g/mol. The molecule has 2 saturated heterocycles. The third-order valence-electron chi connectivity index (χ3n) is 4.81. The van der Waals surface area contributed by atoms with Gasteiger partial charge in [0.05, 0.1) is 24.9 Å². The third-order valence-corrected chi connectivity index (χ3v) is 4.81. The van der Waals surface area contributed by atoms with Crippen LogP contribution in [0, 0.1) is 5.82 Å². The van der Waals surface area contributed by atoms with Gasteiger partial charge in [0.2, 0.25) is 0 Å². The lowest BCUT2D eigenvalue weighted by Crippen LogP contribution is -2.36. The molecule has 2 atom stereocenters. The zero-order valence-electron chi connectivity index (χ0n) is 13.7. The molecule has 0 bridgehead atoms. The maximum atomic E-state index is 13.0. The predicted molar refractivity (Wildman–Crippen MR) is 88.9 cm³/mol. The Bertz CT molecular complexity index is 753. The van der Waals surface area contributed by atoms with E-state index >= 15 is 0 Å². The molecule has 6 heteroatoms. The molecule has 2 aliphatic heterocycles. The van der Waals surface area contributed by atoms with Gasteiger partial charge < -0.3 is 14.4 Å². The van der Waals surface area contributed by atoms with Crippen LogP contribution in [0.15, 0.2) is 48.8 Å². The van der Waals surface area contributed by atoms with Gasteiger partial charge in [-0.2, -0.15) is 0 Å². The molecule has 0 N–H and O–H groups in total. The van der Waals surface area contributed by atoms with Crippen LogP contribution < -0.4 is 4.74 Å². The molecule has 2 aliphatic rings. The highest BCUT2D eigenvalue weighted by Gasteiger charge is 2.47. The van der Waals surface area contributed by atoms with E-state index in [1.54, 1.807) is 17.3 Å². The van der Waals surface area contributed by atoms with Gasteiger partial charge in [0.25, 0.3) is 5.91 Å². The van der Waals surface area contributed by atoms with Gasteiger partial charge in [0.1, 0.15) is 17.7 Å². The topological polar surface area (TPSA) is 51.7 Å². The van der Waals surface area contributed by atoms with Crippen molar-refractivity contribution in [2.75, 3.05) is 19.7 Å². The maximum absolute atomic E-state index is 13.0. The molecule has 5 nitrogen and oxygen atoms in total. The zero-order valence-corrected chi connectivity index (χ0v) is 13.7. The van der Waals surface area contributed by atoms with E-state index in [4.69, 9.17) is 9.47 Å². The van der Waals surface area contributed by atoms with Crippen molar-refractivity contribution in [3.63, 3.8) is 0 Å². The van der Waals surface area contributed by atoms with E-state index in [1.807, 2.05) is 12.1 Å². The fourth-order valence-electron chi connectivity index (χ4n) is 3.56. The number of hydrogen-bond acceptors (Lipinski definition) is 4. The number of likely N-dealkylation sites (tertiary alicyclic amines) is 1. The smallest absolute Gasteiger partial charge is 0.253 e. The molecule has 2 fully saturated rings. The molecule has 1 spiro atoms. The van der Waals surface area contributed by atoms with Crippen LogP contribution in [-0.2, 0) is 4.74 Å². The Morgan fingerprint density at radius 3 is 2.92 bits per heavy atom. The van der Waals surface area contributed by atoms with Crippen LogP contribution >= 0.6 is 0 Å². The number of carbonyl (C=O) groups excluding carboxylic acids is 1. The first-order valence-electron chi connectivity index (χ1n) is 8.39. The number of carbonyl (C=O) groups is 1. The van der Waals surface area contributed by atoms with E-state index in [2.05, 4.69) is 4.98 Å². The van der Waals surface area contributed by atoms with Crippen LogP contribution in [0.25, 0.3) is 0 Å². The van der Waals surface area contributed by atoms with Crippen LogP contribution in [-0.4, -0.2) is 47.2 Å². The number of rotatable bonds is 3. The number of amides is 1. The van der Waals surface area contributed by atoms with Gasteiger partial charge in [-0.1, -0.05) is 0 Å². The van der Waals surface area contributed by atoms with E-state index in [0.717, 1.165) is 18.6 Å². The van der Waals surface area contributed by atoms with E-state index in [1.165, 1.54) is 24.3 Å². The number of ether oxygens (including phenoxy) is 2. The molecule has 3 heterocycles. The van der Waals surface area contributed by atoms with Crippen molar-refractivity contribution >= 4 is 5.91 Å². The monoisotopic (exact) mass is 342 g/mol. The summed E-state index contributed by atoms with van der Waals surface area (Å²) in [6, 6.07) is 9.36. The van der Waals surface area contributed by atoms with Crippen molar-refractivity contribution < 1.29 is 18.7 Å². The largest absolute Gasteiger partial charge is 0.486 e. The highest BCUT2D eigenvalue weighted by atomic mass is 19.1. The van der Waals surface area contributed by atoms with Gasteiger partial charge in [-0.05, 0) is 42.8 Å². The first kappa shape index (κ1) is 16.0. The van der Waals surface area contributed by atoms with Crippen LogP contribution in [0.2, 0.25) is 0 Å². The Labute approximate surface area is 145 Å². The summed E-state index contributed by atoms with van der Waals surface area (Å²) in [5.41, 5.74) is 0.155. The Hall–Kier alpha value is -2.47. The van der Waals surface area contributed by atoms with Gasteiger partial charge in [0.15, 0.2) is 0 Å². The molecule has 0 aliphatic carbocycles. The minimum atomic E-state index is -0.345. The number of aromatic nitrogens is 1. The number of halogens is 1. The maximum Gasteiger partial charge on any atom is 0.253 e.